The van der Waals surface area contributed by atoms with Crippen molar-refractivity contribution in [2.45, 2.75) is 30.4 Å². The van der Waals surface area contributed by atoms with Gasteiger partial charge in [0.1, 0.15) is 5.82 Å². The van der Waals surface area contributed by atoms with Crippen molar-refractivity contribution in [3.05, 3.63) is 46.5 Å². The number of aromatic nitrogens is 3. The third-order valence-electron chi connectivity index (χ3n) is 5.11. The maximum atomic E-state index is 13.6. The van der Waals surface area contributed by atoms with E-state index in [0.717, 1.165) is 18.7 Å². The number of hydrogen-bond donors (Lipinski definition) is 1. The Hall–Kier alpha value is -1.51. The molecule has 0 spiro atoms. The van der Waals surface area contributed by atoms with Gasteiger partial charge in [0, 0.05) is 35.9 Å². The fourth-order valence-corrected chi connectivity index (χ4v) is 5.32. The summed E-state index contributed by atoms with van der Waals surface area (Å²) in [5, 5.41) is 7.52. The van der Waals surface area contributed by atoms with Gasteiger partial charge in [-0.05, 0) is 24.5 Å². The summed E-state index contributed by atoms with van der Waals surface area (Å²) in [6.45, 7) is -0.240. The third-order valence-corrected chi connectivity index (χ3v) is 7.24. The molecule has 1 aromatic carbocycles. The molecule has 1 saturated carbocycles. The van der Waals surface area contributed by atoms with Gasteiger partial charge >= 0.3 is 0 Å². The quantitative estimate of drug-likeness (QED) is 0.811. The molecule has 9 heteroatoms. The predicted octanol–water partition coefficient (Wildman–Crippen LogP) is 2.85. The van der Waals surface area contributed by atoms with Gasteiger partial charge in [0.05, 0.1) is 12.4 Å². The number of rotatable bonds is 6. The second-order valence-electron chi connectivity index (χ2n) is 7.04. The van der Waals surface area contributed by atoms with Gasteiger partial charge in [-0.15, -0.1) is 0 Å². The lowest BCUT2D eigenvalue weighted by Gasteiger charge is -2.16. The highest BCUT2D eigenvalue weighted by molar-refractivity contribution is 7.88. The zero-order valence-corrected chi connectivity index (χ0v) is 15.7. The fraction of sp³-hybridized carbons (Fsp3) is 0.529. The predicted molar refractivity (Wildman–Crippen MR) is 96.2 cm³/mol. The van der Waals surface area contributed by atoms with E-state index < -0.39 is 22.6 Å². The normalized spacial score (nSPS) is 24.2. The van der Waals surface area contributed by atoms with E-state index in [9.17, 15) is 12.8 Å². The zero-order chi connectivity index (χ0) is 18.3. The Morgan fingerprint density at radius 3 is 2.73 bits per heavy atom. The molecule has 2 aliphatic rings. The minimum Gasteiger partial charge on any atom is -0.263 e. The van der Waals surface area contributed by atoms with Crippen LogP contribution in [0, 0.1) is 5.92 Å². The van der Waals surface area contributed by atoms with E-state index in [2.05, 4.69) is 15.2 Å². The molecule has 1 N–H and O–H groups in total. The number of benzene rings is 1. The van der Waals surface area contributed by atoms with Gasteiger partial charge in [0.25, 0.3) is 0 Å². The highest BCUT2D eigenvalue weighted by Crippen LogP contribution is 2.39. The van der Waals surface area contributed by atoms with Gasteiger partial charge in [0.2, 0.25) is 10.0 Å². The first-order chi connectivity index (χ1) is 12.5. The van der Waals surface area contributed by atoms with Crippen molar-refractivity contribution >= 4 is 21.6 Å². The molecular formula is C17H20ClFN4O2S. The molecule has 1 aliphatic heterocycles. The fourth-order valence-electron chi connectivity index (χ4n) is 3.41. The first-order valence-corrected chi connectivity index (χ1v) is 10.7. The van der Waals surface area contributed by atoms with E-state index >= 15 is 0 Å². The van der Waals surface area contributed by atoms with Gasteiger partial charge < -0.3 is 0 Å². The van der Waals surface area contributed by atoms with Crippen LogP contribution < -0.4 is 0 Å². The Bertz CT molecular complexity index is 900. The van der Waals surface area contributed by atoms with Crippen LogP contribution in [0.1, 0.15) is 41.9 Å². The van der Waals surface area contributed by atoms with Gasteiger partial charge in [-0.1, -0.05) is 29.8 Å². The van der Waals surface area contributed by atoms with Crippen molar-refractivity contribution < 1.29 is 12.8 Å². The average Bonchev–Trinajstić information content (AvgIpc) is 3.18. The highest BCUT2D eigenvalue weighted by atomic mass is 35.5. The SMILES string of the molecule is O=S(=O)(Cc1ccccc1Cl)N1C[C@@H](CF)[C@H](c2nc(C3CC3)n[nH]2)C1. The van der Waals surface area contributed by atoms with Crippen molar-refractivity contribution in [3.63, 3.8) is 0 Å². The van der Waals surface area contributed by atoms with Crippen LogP contribution >= 0.6 is 11.6 Å². The molecule has 6 nitrogen and oxygen atoms in total. The summed E-state index contributed by atoms with van der Waals surface area (Å²) in [5.41, 5.74) is 0.546. The largest absolute Gasteiger partial charge is 0.263 e. The van der Waals surface area contributed by atoms with Crippen molar-refractivity contribution in [2.24, 2.45) is 5.92 Å². The summed E-state index contributed by atoms with van der Waals surface area (Å²) in [7, 11) is -3.60. The van der Waals surface area contributed by atoms with Crippen molar-refractivity contribution in [3.8, 4) is 0 Å². The number of nitrogens with zero attached hydrogens (tertiary/aromatic N) is 3. The first kappa shape index (κ1) is 17.9. The van der Waals surface area contributed by atoms with Crippen LogP contribution in [0.2, 0.25) is 5.02 Å². The average molecular weight is 399 g/mol. The summed E-state index contributed by atoms with van der Waals surface area (Å²) in [5.74, 6) is 0.824. The molecule has 0 bridgehead atoms. The van der Waals surface area contributed by atoms with E-state index in [1.54, 1.807) is 24.3 Å². The van der Waals surface area contributed by atoms with Crippen molar-refractivity contribution in [2.75, 3.05) is 19.8 Å². The molecule has 140 valence electrons. The van der Waals surface area contributed by atoms with Crippen LogP contribution in [-0.4, -0.2) is 47.7 Å². The zero-order valence-electron chi connectivity index (χ0n) is 14.1. The standard InChI is InChI=1S/C17H20ClFN4O2S/c18-15-4-2-1-3-12(15)10-26(24,25)23-8-13(7-19)14(9-23)17-20-16(21-22-17)11-5-6-11/h1-4,11,13-14H,5-10H2,(H,20,21,22)/t13-,14-/m1/s1. The van der Waals surface area contributed by atoms with E-state index in [4.69, 9.17) is 11.6 Å². The van der Waals surface area contributed by atoms with Crippen LogP contribution in [0.4, 0.5) is 4.39 Å². The van der Waals surface area contributed by atoms with Gasteiger partial charge in [0.15, 0.2) is 5.82 Å². The number of sulfonamides is 1. The van der Waals surface area contributed by atoms with E-state index in [0.29, 0.717) is 22.3 Å². The topological polar surface area (TPSA) is 79.0 Å². The van der Waals surface area contributed by atoms with Gasteiger partial charge in [-0.3, -0.25) is 9.49 Å². The summed E-state index contributed by atoms with van der Waals surface area (Å²) in [6, 6.07) is 6.86. The number of aromatic amines is 1. The second kappa shape index (κ2) is 6.90. The lowest BCUT2D eigenvalue weighted by molar-refractivity contribution is 0.346. The Balaban J connectivity index is 1.53. The molecule has 2 atom stereocenters. The van der Waals surface area contributed by atoms with Crippen LogP contribution in [0.3, 0.4) is 0 Å². The molecule has 1 saturated heterocycles. The molecule has 2 fully saturated rings. The molecule has 0 radical (unpaired) electrons. The molecule has 2 heterocycles. The van der Waals surface area contributed by atoms with Crippen LogP contribution in [-0.2, 0) is 15.8 Å². The molecule has 1 aliphatic carbocycles. The Morgan fingerprint density at radius 1 is 1.27 bits per heavy atom. The smallest absolute Gasteiger partial charge is 0.218 e. The number of H-pyrrole nitrogens is 1. The second-order valence-corrected chi connectivity index (χ2v) is 9.41. The number of alkyl halides is 1. The first-order valence-electron chi connectivity index (χ1n) is 8.67. The molecule has 2 aromatic rings. The maximum Gasteiger partial charge on any atom is 0.218 e. The highest BCUT2D eigenvalue weighted by Gasteiger charge is 2.41. The summed E-state index contributed by atoms with van der Waals surface area (Å²) in [6.07, 6.45) is 2.15. The van der Waals surface area contributed by atoms with E-state index in [1.165, 1.54) is 4.31 Å². The lowest BCUT2D eigenvalue weighted by atomic mass is 9.97. The van der Waals surface area contributed by atoms with E-state index in [-0.39, 0.29) is 24.8 Å². The number of hydrogen-bond acceptors (Lipinski definition) is 4. The van der Waals surface area contributed by atoms with Crippen LogP contribution in [0.5, 0.6) is 0 Å². The van der Waals surface area contributed by atoms with Crippen molar-refractivity contribution in [1.82, 2.24) is 19.5 Å². The van der Waals surface area contributed by atoms with Crippen LogP contribution in [0.15, 0.2) is 24.3 Å². The number of halogens is 2. The summed E-state index contributed by atoms with van der Waals surface area (Å²) < 4.78 is 40.5. The van der Waals surface area contributed by atoms with E-state index in [1.807, 2.05) is 0 Å². The Morgan fingerprint density at radius 2 is 2.04 bits per heavy atom. The number of nitrogens with one attached hydrogen (secondary N) is 1. The monoisotopic (exact) mass is 398 g/mol. The Labute approximate surface area is 156 Å². The Kier molecular flexibility index (Phi) is 4.75. The molecule has 0 amide bonds. The molecular weight excluding hydrogens is 379 g/mol. The minimum absolute atomic E-state index is 0.146. The summed E-state index contributed by atoms with van der Waals surface area (Å²) in [4.78, 5) is 4.49. The van der Waals surface area contributed by atoms with Crippen molar-refractivity contribution in [1.29, 1.82) is 0 Å². The molecule has 0 unspecified atom stereocenters. The molecule has 4 rings (SSSR count). The maximum absolute atomic E-state index is 13.6. The van der Waals surface area contributed by atoms with Crippen LogP contribution in [0.25, 0.3) is 0 Å². The lowest BCUT2D eigenvalue weighted by Crippen LogP contribution is -2.30. The third kappa shape index (κ3) is 3.50. The van der Waals surface area contributed by atoms with Gasteiger partial charge in [-0.2, -0.15) is 5.10 Å². The minimum atomic E-state index is -3.60. The molecule has 1 aromatic heterocycles. The molecule has 26 heavy (non-hydrogen) atoms. The van der Waals surface area contributed by atoms with Gasteiger partial charge in [-0.25, -0.2) is 17.7 Å². The summed E-state index contributed by atoms with van der Waals surface area (Å²) >= 11 is 6.09.